The monoisotopic (exact) mass is 224 g/mol. The summed E-state index contributed by atoms with van der Waals surface area (Å²) in [6.45, 7) is 8.50. The number of hydrogen-bond donors (Lipinski definition) is 0. The van der Waals surface area contributed by atoms with Crippen LogP contribution in [0.4, 0.5) is 0 Å². The summed E-state index contributed by atoms with van der Waals surface area (Å²) in [6, 6.07) is 0. The fraction of sp³-hybridized carbons (Fsp3) is 0.786. The minimum absolute atomic E-state index is 0.152. The fourth-order valence-electron chi connectivity index (χ4n) is 2.44. The van der Waals surface area contributed by atoms with E-state index >= 15 is 0 Å². The first-order valence-corrected chi connectivity index (χ1v) is 6.38. The maximum absolute atomic E-state index is 11.1. The molecular weight excluding hydrogens is 200 g/mol. The molecular formula is C14H24O2. The first-order chi connectivity index (χ1) is 7.58. The van der Waals surface area contributed by atoms with Gasteiger partial charge in [0.05, 0.1) is 6.61 Å². The first-order valence-electron chi connectivity index (χ1n) is 6.38. The molecule has 2 heteroatoms. The molecule has 1 aliphatic rings. The van der Waals surface area contributed by atoms with Gasteiger partial charge in [0, 0.05) is 11.5 Å². The Balaban J connectivity index is 2.54. The lowest BCUT2D eigenvalue weighted by Gasteiger charge is -2.36. The van der Waals surface area contributed by atoms with E-state index < -0.39 is 0 Å². The second-order valence-electron chi connectivity index (χ2n) is 5.32. The van der Waals surface area contributed by atoms with Crippen LogP contribution in [0, 0.1) is 11.3 Å². The Kier molecular flexibility index (Phi) is 5.04. The Morgan fingerprint density at radius 1 is 1.44 bits per heavy atom. The summed E-state index contributed by atoms with van der Waals surface area (Å²) in [5.74, 6) is 0.334. The summed E-state index contributed by atoms with van der Waals surface area (Å²) in [5.41, 5.74) is 0.152. The standard InChI is InChI=1S/C14H24O2/c1-4-13(15)16-11-14(3)10-8-6-5-7-9-12(14)2/h4,12H,1,5-11H2,2-3H3. The molecule has 0 aromatic rings. The second kappa shape index (κ2) is 6.07. The summed E-state index contributed by atoms with van der Waals surface area (Å²) in [6.07, 6.45) is 8.90. The van der Waals surface area contributed by atoms with Crippen molar-refractivity contribution in [3.63, 3.8) is 0 Å². The molecule has 0 aliphatic heterocycles. The quantitative estimate of drug-likeness (QED) is 0.539. The molecule has 0 heterocycles. The summed E-state index contributed by atoms with van der Waals surface area (Å²) >= 11 is 0. The highest BCUT2D eigenvalue weighted by Gasteiger charge is 2.32. The van der Waals surface area contributed by atoms with Gasteiger partial charge in [0.15, 0.2) is 0 Å². The number of ether oxygens (including phenoxy) is 1. The molecule has 16 heavy (non-hydrogen) atoms. The van der Waals surface area contributed by atoms with Crippen molar-refractivity contribution in [2.24, 2.45) is 11.3 Å². The Morgan fingerprint density at radius 3 is 2.81 bits per heavy atom. The van der Waals surface area contributed by atoms with Crippen LogP contribution in [-0.2, 0) is 9.53 Å². The third-order valence-corrected chi connectivity index (χ3v) is 4.04. The topological polar surface area (TPSA) is 26.3 Å². The van der Waals surface area contributed by atoms with Crippen LogP contribution in [0.1, 0.15) is 52.4 Å². The number of esters is 1. The summed E-state index contributed by atoms with van der Waals surface area (Å²) in [7, 11) is 0. The molecule has 0 aromatic carbocycles. The van der Waals surface area contributed by atoms with E-state index in [1.807, 2.05) is 0 Å². The normalized spacial score (nSPS) is 31.2. The van der Waals surface area contributed by atoms with E-state index in [1.165, 1.54) is 44.6 Å². The van der Waals surface area contributed by atoms with Crippen LogP contribution in [0.15, 0.2) is 12.7 Å². The zero-order valence-electron chi connectivity index (χ0n) is 10.6. The van der Waals surface area contributed by atoms with Crippen LogP contribution in [0.2, 0.25) is 0 Å². The van der Waals surface area contributed by atoms with Crippen LogP contribution >= 0.6 is 0 Å². The molecule has 1 rings (SSSR count). The highest BCUT2D eigenvalue weighted by Crippen LogP contribution is 2.38. The lowest BCUT2D eigenvalue weighted by Crippen LogP contribution is -2.32. The Hall–Kier alpha value is -0.790. The predicted molar refractivity (Wildman–Crippen MR) is 66.1 cm³/mol. The maximum atomic E-state index is 11.1. The summed E-state index contributed by atoms with van der Waals surface area (Å²) in [4.78, 5) is 11.1. The maximum Gasteiger partial charge on any atom is 0.330 e. The molecule has 0 radical (unpaired) electrons. The largest absolute Gasteiger partial charge is 0.462 e. The molecule has 0 spiro atoms. The minimum atomic E-state index is -0.296. The van der Waals surface area contributed by atoms with Gasteiger partial charge in [-0.15, -0.1) is 0 Å². The highest BCUT2D eigenvalue weighted by atomic mass is 16.5. The number of hydrogen-bond acceptors (Lipinski definition) is 2. The van der Waals surface area contributed by atoms with Crippen LogP contribution < -0.4 is 0 Å². The number of rotatable bonds is 3. The van der Waals surface area contributed by atoms with E-state index in [9.17, 15) is 4.79 Å². The smallest absolute Gasteiger partial charge is 0.330 e. The van der Waals surface area contributed by atoms with Gasteiger partial charge >= 0.3 is 5.97 Å². The molecule has 0 N–H and O–H groups in total. The summed E-state index contributed by atoms with van der Waals surface area (Å²) in [5, 5.41) is 0. The lowest BCUT2D eigenvalue weighted by atomic mass is 9.71. The van der Waals surface area contributed by atoms with Crippen molar-refractivity contribution in [1.82, 2.24) is 0 Å². The van der Waals surface area contributed by atoms with Gasteiger partial charge in [0.1, 0.15) is 0 Å². The Bertz CT molecular complexity index is 247. The van der Waals surface area contributed by atoms with Crippen LogP contribution in [0.5, 0.6) is 0 Å². The Labute approximate surface area is 99.1 Å². The molecule has 0 saturated heterocycles. The van der Waals surface area contributed by atoms with Crippen molar-refractivity contribution in [1.29, 1.82) is 0 Å². The first kappa shape index (κ1) is 13.3. The minimum Gasteiger partial charge on any atom is -0.462 e. The molecule has 0 aromatic heterocycles. The van der Waals surface area contributed by atoms with Gasteiger partial charge in [0.2, 0.25) is 0 Å². The highest BCUT2D eigenvalue weighted by molar-refractivity contribution is 5.81. The van der Waals surface area contributed by atoms with E-state index in [-0.39, 0.29) is 11.4 Å². The third-order valence-electron chi connectivity index (χ3n) is 4.04. The fourth-order valence-corrected chi connectivity index (χ4v) is 2.44. The van der Waals surface area contributed by atoms with Crippen molar-refractivity contribution in [3.8, 4) is 0 Å². The van der Waals surface area contributed by atoms with Gasteiger partial charge < -0.3 is 4.74 Å². The van der Waals surface area contributed by atoms with Crippen LogP contribution in [0.25, 0.3) is 0 Å². The molecule has 2 nitrogen and oxygen atoms in total. The van der Waals surface area contributed by atoms with Gasteiger partial charge in [0.25, 0.3) is 0 Å². The van der Waals surface area contributed by atoms with Crippen molar-refractivity contribution in [2.75, 3.05) is 6.61 Å². The average Bonchev–Trinajstić information content (AvgIpc) is 2.28. The molecule has 0 bridgehead atoms. The Morgan fingerprint density at radius 2 is 2.12 bits per heavy atom. The number of carbonyl (C=O) groups is 1. The van der Waals surface area contributed by atoms with Crippen LogP contribution in [-0.4, -0.2) is 12.6 Å². The van der Waals surface area contributed by atoms with E-state index in [1.54, 1.807) is 0 Å². The van der Waals surface area contributed by atoms with Crippen LogP contribution in [0.3, 0.4) is 0 Å². The SMILES string of the molecule is C=CC(=O)OCC1(C)CCCCCCC1C. The molecule has 1 aliphatic carbocycles. The second-order valence-corrected chi connectivity index (χ2v) is 5.32. The zero-order chi connectivity index (χ0) is 12.0. The van der Waals surface area contributed by atoms with Crippen molar-refractivity contribution >= 4 is 5.97 Å². The van der Waals surface area contributed by atoms with Crippen molar-refractivity contribution in [3.05, 3.63) is 12.7 Å². The molecule has 0 amide bonds. The van der Waals surface area contributed by atoms with Gasteiger partial charge in [-0.05, 0) is 12.3 Å². The van der Waals surface area contributed by atoms with E-state index in [0.717, 1.165) is 0 Å². The van der Waals surface area contributed by atoms with Gasteiger partial charge in [-0.25, -0.2) is 4.79 Å². The molecule has 2 unspecified atom stereocenters. The van der Waals surface area contributed by atoms with Crippen molar-refractivity contribution in [2.45, 2.75) is 52.4 Å². The molecule has 2 atom stereocenters. The van der Waals surface area contributed by atoms with Gasteiger partial charge in [-0.1, -0.05) is 52.5 Å². The lowest BCUT2D eigenvalue weighted by molar-refractivity contribution is -0.142. The summed E-state index contributed by atoms with van der Waals surface area (Å²) < 4.78 is 5.24. The van der Waals surface area contributed by atoms with Gasteiger partial charge in [-0.3, -0.25) is 0 Å². The average molecular weight is 224 g/mol. The molecule has 92 valence electrons. The van der Waals surface area contributed by atoms with E-state index in [0.29, 0.717) is 12.5 Å². The van der Waals surface area contributed by atoms with E-state index in [4.69, 9.17) is 4.74 Å². The van der Waals surface area contributed by atoms with Gasteiger partial charge in [-0.2, -0.15) is 0 Å². The van der Waals surface area contributed by atoms with E-state index in [2.05, 4.69) is 20.4 Å². The third kappa shape index (κ3) is 3.66. The predicted octanol–water partition coefficient (Wildman–Crippen LogP) is 3.71. The molecule has 1 saturated carbocycles. The zero-order valence-corrected chi connectivity index (χ0v) is 10.6. The molecule has 1 fully saturated rings. The van der Waals surface area contributed by atoms with Crippen molar-refractivity contribution < 1.29 is 9.53 Å². The number of carbonyl (C=O) groups excluding carboxylic acids is 1.